The Balaban J connectivity index is 1.42. The van der Waals surface area contributed by atoms with Crippen LogP contribution in [-0.4, -0.2) is 48.9 Å². The van der Waals surface area contributed by atoms with E-state index in [4.69, 9.17) is 0 Å². The van der Waals surface area contributed by atoms with E-state index in [1.165, 1.54) is 0 Å². The predicted octanol–water partition coefficient (Wildman–Crippen LogP) is 2.85. The van der Waals surface area contributed by atoms with Gasteiger partial charge in [0, 0.05) is 38.1 Å². The van der Waals surface area contributed by atoms with E-state index < -0.39 is 10.0 Å². The molecule has 1 aromatic carbocycles. The second-order valence-corrected chi connectivity index (χ2v) is 10.2. The van der Waals surface area contributed by atoms with Crippen LogP contribution in [0, 0.1) is 18.8 Å². The van der Waals surface area contributed by atoms with Gasteiger partial charge in [-0.15, -0.1) is 0 Å². The average Bonchev–Trinajstić information content (AvgIpc) is 3.11. The summed E-state index contributed by atoms with van der Waals surface area (Å²) in [6.45, 7) is 3.84. The first-order valence-corrected chi connectivity index (χ1v) is 11.6. The third kappa shape index (κ3) is 4.05. The van der Waals surface area contributed by atoms with Crippen LogP contribution in [0.1, 0.15) is 30.5 Å². The van der Waals surface area contributed by atoms with E-state index in [1.54, 1.807) is 11.4 Å². The third-order valence-corrected chi connectivity index (χ3v) is 8.12. The molecule has 1 saturated carbocycles. The number of aromatic nitrogens is 2. The summed E-state index contributed by atoms with van der Waals surface area (Å²) in [6.07, 6.45) is 4.76. The summed E-state index contributed by atoms with van der Waals surface area (Å²) >= 11 is 0. The van der Waals surface area contributed by atoms with Crippen LogP contribution < -0.4 is 4.90 Å². The predicted molar refractivity (Wildman–Crippen MR) is 110 cm³/mol. The van der Waals surface area contributed by atoms with Crippen molar-refractivity contribution in [2.45, 2.75) is 38.0 Å². The number of sulfonamides is 1. The molecule has 3 atom stereocenters. The highest BCUT2D eigenvalue weighted by Gasteiger charge is 2.42. The minimum Gasteiger partial charge on any atom is -0.341 e. The van der Waals surface area contributed by atoms with Crippen molar-refractivity contribution in [2.24, 2.45) is 11.8 Å². The van der Waals surface area contributed by atoms with Crippen molar-refractivity contribution in [1.29, 1.82) is 0 Å². The van der Waals surface area contributed by atoms with E-state index in [0.29, 0.717) is 11.8 Å². The van der Waals surface area contributed by atoms with Gasteiger partial charge in [-0.1, -0.05) is 30.3 Å². The smallest absolute Gasteiger partial charge is 0.225 e. The summed E-state index contributed by atoms with van der Waals surface area (Å²) in [5.74, 6) is 1.95. The molecule has 0 N–H and O–H groups in total. The van der Waals surface area contributed by atoms with E-state index in [1.807, 2.05) is 49.5 Å². The highest BCUT2D eigenvalue weighted by molar-refractivity contribution is 7.88. The maximum absolute atomic E-state index is 12.9. The van der Waals surface area contributed by atoms with E-state index in [-0.39, 0.29) is 11.8 Å². The van der Waals surface area contributed by atoms with Crippen molar-refractivity contribution in [2.75, 3.05) is 25.0 Å². The first-order chi connectivity index (χ1) is 13.4. The molecule has 150 valence electrons. The number of hydrogen-bond donors (Lipinski definition) is 0. The Morgan fingerprint density at radius 3 is 2.64 bits per heavy atom. The lowest BCUT2D eigenvalue weighted by atomic mass is 9.89. The Morgan fingerprint density at radius 2 is 1.89 bits per heavy atom. The van der Waals surface area contributed by atoms with Crippen LogP contribution in [0.2, 0.25) is 0 Å². The minimum absolute atomic E-state index is 0.0689. The molecule has 2 heterocycles. The lowest BCUT2D eigenvalue weighted by Gasteiger charge is -2.34. The number of aryl methyl sites for hydroxylation is 1. The molecular weight excluding hydrogens is 372 g/mol. The number of benzene rings is 1. The molecule has 2 fully saturated rings. The number of fused-ring (bicyclic) bond motifs is 1. The van der Waals surface area contributed by atoms with Gasteiger partial charge in [0.15, 0.2) is 0 Å². The SMILES string of the molecule is Cc1ccnc(N2CC[C@@H]3C[C@H](N(C)S(=O)(=O)Cc4ccccc4)C[C@@H]3C2)n1. The molecule has 0 radical (unpaired) electrons. The normalized spacial score (nSPS) is 25.1. The van der Waals surface area contributed by atoms with Crippen molar-refractivity contribution in [3.05, 3.63) is 53.9 Å². The lowest BCUT2D eigenvalue weighted by Crippen LogP contribution is -2.39. The summed E-state index contributed by atoms with van der Waals surface area (Å²) in [5, 5.41) is 0. The van der Waals surface area contributed by atoms with Crippen LogP contribution in [0.5, 0.6) is 0 Å². The molecular formula is C21H28N4O2S. The maximum atomic E-state index is 12.9. The molecule has 1 aliphatic heterocycles. The summed E-state index contributed by atoms with van der Waals surface area (Å²) in [6, 6.07) is 11.4. The molecule has 2 aliphatic rings. The molecule has 1 aromatic heterocycles. The monoisotopic (exact) mass is 400 g/mol. The Labute approximate surface area is 167 Å². The fraction of sp³-hybridized carbons (Fsp3) is 0.524. The summed E-state index contributed by atoms with van der Waals surface area (Å²) in [4.78, 5) is 11.2. The van der Waals surface area contributed by atoms with Gasteiger partial charge in [0.25, 0.3) is 0 Å². The zero-order valence-electron chi connectivity index (χ0n) is 16.5. The first-order valence-electron chi connectivity index (χ1n) is 9.96. The molecule has 2 aromatic rings. The molecule has 4 rings (SSSR count). The number of nitrogens with zero attached hydrogens (tertiary/aromatic N) is 4. The molecule has 1 aliphatic carbocycles. The summed E-state index contributed by atoms with van der Waals surface area (Å²) < 4.78 is 27.5. The molecule has 7 heteroatoms. The Morgan fingerprint density at radius 1 is 1.14 bits per heavy atom. The number of piperidine rings is 1. The summed E-state index contributed by atoms with van der Waals surface area (Å²) in [5.41, 5.74) is 1.82. The number of rotatable bonds is 5. The molecule has 0 bridgehead atoms. The van der Waals surface area contributed by atoms with Gasteiger partial charge in [-0.05, 0) is 49.7 Å². The fourth-order valence-corrected chi connectivity index (χ4v) is 6.08. The van der Waals surface area contributed by atoms with Gasteiger partial charge in [-0.2, -0.15) is 0 Å². The van der Waals surface area contributed by atoms with Gasteiger partial charge in [0.1, 0.15) is 0 Å². The Hall–Kier alpha value is -1.99. The van der Waals surface area contributed by atoms with Crippen LogP contribution >= 0.6 is 0 Å². The van der Waals surface area contributed by atoms with Gasteiger partial charge in [0.2, 0.25) is 16.0 Å². The van der Waals surface area contributed by atoms with Crippen molar-refractivity contribution in [3.8, 4) is 0 Å². The van der Waals surface area contributed by atoms with E-state index in [9.17, 15) is 8.42 Å². The van der Waals surface area contributed by atoms with Crippen LogP contribution in [-0.2, 0) is 15.8 Å². The largest absolute Gasteiger partial charge is 0.341 e. The van der Waals surface area contributed by atoms with E-state index >= 15 is 0 Å². The molecule has 1 saturated heterocycles. The molecule has 0 unspecified atom stereocenters. The van der Waals surface area contributed by atoms with E-state index in [0.717, 1.165) is 49.6 Å². The second-order valence-electron chi connectivity index (χ2n) is 8.14. The lowest BCUT2D eigenvalue weighted by molar-refractivity contribution is 0.321. The number of anilines is 1. The quantitative estimate of drug-likeness (QED) is 0.772. The van der Waals surface area contributed by atoms with Gasteiger partial charge in [0.05, 0.1) is 5.75 Å². The zero-order valence-corrected chi connectivity index (χ0v) is 17.3. The first kappa shape index (κ1) is 19.3. The van der Waals surface area contributed by atoms with Gasteiger partial charge in [-0.3, -0.25) is 0 Å². The van der Waals surface area contributed by atoms with Crippen LogP contribution in [0.15, 0.2) is 42.6 Å². The number of hydrogen-bond acceptors (Lipinski definition) is 5. The highest BCUT2D eigenvalue weighted by Crippen LogP contribution is 2.41. The third-order valence-electron chi connectivity index (χ3n) is 6.25. The van der Waals surface area contributed by atoms with Crippen molar-refractivity contribution in [1.82, 2.24) is 14.3 Å². The standard InChI is InChI=1S/C21H28N4O2S/c1-16-8-10-22-21(23-16)25-11-9-18-12-20(13-19(18)14-25)24(2)28(26,27)15-17-6-4-3-5-7-17/h3-8,10,18-20H,9,11-15H2,1-2H3/t18-,19-,20+/m1/s1. The van der Waals surface area contributed by atoms with Gasteiger partial charge in [-0.25, -0.2) is 22.7 Å². The van der Waals surface area contributed by atoms with Crippen LogP contribution in [0.25, 0.3) is 0 Å². The van der Waals surface area contributed by atoms with Gasteiger partial charge >= 0.3 is 0 Å². The second kappa shape index (κ2) is 7.79. The van der Waals surface area contributed by atoms with Gasteiger partial charge < -0.3 is 4.90 Å². The Bertz CT molecular complexity index is 919. The average molecular weight is 401 g/mol. The van der Waals surface area contributed by atoms with Crippen LogP contribution in [0.3, 0.4) is 0 Å². The van der Waals surface area contributed by atoms with Crippen molar-refractivity contribution >= 4 is 16.0 Å². The minimum atomic E-state index is -3.32. The van der Waals surface area contributed by atoms with Crippen LogP contribution in [0.4, 0.5) is 5.95 Å². The fourth-order valence-electron chi connectivity index (χ4n) is 4.63. The Kier molecular flexibility index (Phi) is 5.38. The molecule has 0 amide bonds. The molecule has 6 nitrogen and oxygen atoms in total. The zero-order chi connectivity index (χ0) is 19.7. The molecule has 0 spiro atoms. The van der Waals surface area contributed by atoms with E-state index in [2.05, 4.69) is 14.9 Å². The van der Waals surface area contributed by atoms with Crippen molar-refractivity contribution < 1.29 is 8.42 Å². The molecule has 28 heavy (non-hydrogen) atoms. The highest BCUT2D eigenvalue weighted by atomic mass is 32.2. The summed E-state index contributed by atoms with van der Waals surface area (Å²) in [7, 11) is -1.56. The topological polar surface area (TPSA) is 66.4 Å². The van der Waals surface area contributed by atoms with Crippen molar-refractivity contribution in [3.63, 3.8) is 0 Å². The maximum Gasteiger partial charge on any atom is 0.225 e.